The van der Waals surface area contributed by atoms with Crippen LogP contribution in [-0.2, 0) is 11.3 Å². The van der Waals surface area contributed by atoms with Crippen LogP contribution in [0.4, 0.5) is 0 Å². The number of aromatic hydroxyl groups is 1. The summed E-state index contributed by atoms with van der Waals surface area (Å²) in [4.78, 5) is 11.1. The fourth-order valence-electron chi connectivity index (χ4n) is 1.27. The van der Waals surface area contributed by atoms with Crippen molar-refractivity contribution in [1.29, 1.82) is 0 Å². The first-order valence-electron chi connectivity index (χ1n) is 5.20. The number of rotatable bonds is 5. The Kier molecular flexibility index (Phi) is 3.90. The summed E-state index contributed by atoms with van der Waals surface area (Å²) in [5.74, 6) is -0.0793. The zero-order chi connectivity index (χ0) is 12.2. The Labute approximate surface area is 95.5 Å². The second kappa shape index (κ2) is 4.99. The second-order valence-electron chi connectivity index (χ2n) is 4.52. The second-order valence-corrected chi connectivity index (χ2v) is 4.52. The van der Waals surface area contributed by atoms with E-state index in [-0.39, 0.29) is 11.7 Å². The molecule has 1 amide bonds. The van der Waals surface area contributed by atoms with E-state index >= 15 is 0 Å². The Morgan fingerprint density at radius 3 is 2.75 bits per heavy atom. The van der Waals surface area contributed by atoms with Crippen molar-refractivity contribution in [2.24, 2.45) is 11.1 Å². The van der Waals surface area contributed by atoms with Crippen molar-refractivity contribution in [3.05, 3.63) is 29.8 Å². The number of hydrogen-bond acceptors (Lipinski definition) is 3. The average molecular weight is 222 g/mol. The predicted octanol–water partition coefficient (Wildman–Crippen LogP) is 0.993. The molecule has 1 aromatic carbocycles. The van der Waals surface area contributed by atoms with Crippen LogP contribution in [0, 0.1) is 5.41 Å². The predicted molar refractivity (Wildman–Crippen MR) is 62.8 cm³/mol. The Bertz CT molecular complexity index is 375. The van der Waals surface area contributed by atoms with E-state index in [1.807, 2.05) is 6.07 Å². The van der Waals surface area contributed by atoms with Gasteiger partial charge in [0.05, 0.1) is 5.41 Å². The molecule has 88 valence electrons. The maximum atomic E-state index is 11.1. The summed E-state index contributed by atoms with van der Waals surface area (Å²) >= 11 is 0. The van der Waals surface area contributed by atoms with Gasteiger partial charge in [0.2, 0.25) is 5.91 Å². The van der Waals surface area contributed by atoms with Crippen molar-refractivity contribution in [3.8, 4) is 5.75 Å². The first-order chi connectivity index (χ1) is 7.42. The van der Waals surface area contributed by atoms with Crippen LogP contribution < -0.4 is 11.1 Å². The van der Waals surface area contributed by atoms with E-state index in [4.69, 9.17) is 5.73 Å². The van der Waals surface area contributed by atoms with Gasteiger partial charge in [-0.3, -0.25) is 4.79 Å². The fraction of sp³-hybridized carbons (Fsp3) is 0.417. The standard InChI is InChI=1S/C12H18N2O2/c1-12(2,11(13)16)8-14-7-9-4-3-5-10(15)6-9/h3-6,14-15H,7-8H2,1-2H3,(H2,13,16). The van der Waals surface area contributed by atoms with E-state index < -0.39 is 5.41 Å². The zero-order valence-corrected chi connectivity index (χ0v) is 9.66. The van der Waals surface area contributed by atoms with Gasteiger partial charge < -0.3 is 16.2 Å². The van der Waals surface area contributed by atoms with E-state index in [0.717, 1.165) is 5.56 Å². The Hall–Kier alpha value is -1.55. The van der Waals surface area contributed by atoms with Crippen LogP contribution in [0.1, 0.15) is 19.4 Å². The minimum Gasteiger partial charge on any atom is -0.508 e. The number of nitrogens with one attached hydrogen (secondary N) is 1. The lowest BCUT2D eigenvalue weighted by atomic mass is 9.93. The number of hydrogen-bond donors (Lipinski definition) is 3. The normalized spacial score (nSPS) is 11.4. The number of amides is 1. The lowest BCUT2D eigenvalue weighted by Crippen LogP contribution is -2.40. The molecule has 0 radical (unpaired) electrons. The highest BCUT2D eigenvalue weighted by atomic mass is 16.3. The molecule has 0 aliphatic heterocycles. The third kappa shape index (κ3) is 3.55. The zero-order valence-electron chi connectivity index (χ0n) is 9.66. The third-order valence-corrected chi connectivity index (χ3v) is 2.47. The van der Waals surface area contributed by atoms with Crippen LogP contribution in [0.3, 0.4) is 0 Å². The summed E-state index contributed by atoms with van der Waals surface area (Å²) in [6.45, 7) is 4.71. The van der Waals surface area contributed by atoms with Gasteiger partial charge in [-0.1, -0.05) is 12.1 Å². The molecule has 0 spiro atoms. The average Bonchev–Trinajstić information content (AvgIpc) is 2.17. The quantitative estimate of drug-likeness (QED) is 0.695. The van der Waals surface area contributed by atoms with Gasteiger partial charge in [-0.25, -0.2) is 0 Å². The Balaban J connectivity index is 2.45. The van der Waals surface area contributed by atoms with Crippen LogP contribution in [0.5, 0.6) is 5.75 Å². The molecule has 0 fully saturated rings. The number of benzene rings is 1. The Morgan fingerprint density at radius 1 is 1.50 bits per heavy atom. The fourth-order valence-corrected chi connectivity index (χ4v) is 1.27. The first-order valence-corrected chi connectivity index (χ1v) is 5.20. The van der Waals surface area contributed by atoms with Crippen molar-refractivity contribution in [3.63, 3.8) is 0 Å². The summed E-state index contributed by atoms with van der Waals surface area (Å²) in [5, 5.41) is 12.4. The lowest BCUT2D eigenvalue weighted by molar-refractivity contribution is -0.125. The van der Waals surface area contributed by atoms with E-state index in [1.54, 1.807) is 32.0 Å². The van der Waals surface area contributed by atoms with Gasteiger partial charge in [-0.2, -0.15) is 0 Å². The van der Waals surface area contributed by atoms with Gasteiger partial charge in [-0.05, 0) is 31.5 Å². The lowest BCUT2D eigenvalue weighted by Gasteiger charge is -2.20. The summed E-state index contributed by atoms with van der Waals surface area (Å²) < 4.78 is 0. The van der Waals surface area contributed by atoms with Crippen molar-refractivity contribution < 1.29 is 9.90 Å². The molecule has 0 saturated carbocycles. The number of phenolic OH excluding ortho intramolecular Hbond substituents is 1. The molecule has 0 heterocycles. The molecule has 16 heavy (non-hydrogen) atoms. The number of primary amides is 1. The highest BCUT2D eigenvalue weighted by molar-refractivity contribution is 5.80. The molecular weight excluding hydrogens is 204 g/mol. The summed E-state index contributed by atoms with van der Waals surface area (Å²) in [5.41, 5.74) is 5.67. The van der Waals surface area contributed by atoms with Crippen LogP contribution >= 0.6 is 0 Å². The maximum absolute atomic E-state index is 11.1. The molecule has 0 aliphatic carbocycles. The molecule has 0 bridgehead atoms. The van der Waals surface area contributed by atoms with Gasteiger partial charge >= 0.3 is 0 Å². The van der Waals surface area contributed by atoms with Gasteiger partial charge in [0.15, 0.2) is 0 Å². The van der Waals surface area contributed by atoms with Crippen molar-refractivity contribution in [2.45, 2.75) is 20.4 Å². The van der Waals surface area contributed by atoms with E-state index in [1.165, 1.54) is 0 Å². The molecule has 0 aliphatic rings. The molecule has 4 nitrogen and oxygen atoms in total. The molecule has 0 unspecified atom stereocenters. The van der Waals surface area contributed by atoms with Gasteiger partial charge in [0.25, 0.3) is 0 Å². The molecule has 1 rings (SSSR count). The molecule has 0 aromatic heterocycles. The molecule has 0 saturated heterocycles. The van der Waals surface area contributed by atoms with Gasteiger partial charge in [0.1, 0.15) is 5.75 Å². The van der Waals surface area contributed by atoms with Crippen molar-refractivity contribution in [1.82, 2.24) is 5.32 Å². The van der Waals surface area contributed by atoms with E-state index in [0.29, 0.717) is 13.1 Å². The topological polar surface area (TPSA) is 75.3 Å². The minimum atomic E-state index is -0.559. The number of phenols is 1. The summed E-state index contributed by atoms with van der Waals surface area (Å²) in [6, 6.07) is 7.00. The monoisotopic (exact) mass is 222 g/mol. The minimum absolute atomic E-state index is 0.244. The van der Waals surface area contributed by atoms with Crippen LogP contribution in [-0.4, -0.2) is 17.6 Å². The van der Waals surface area contributed by atoms with Crippen LogP contribution in [0.15, 0.2) is 24.3 Å². The molecule has 4 heteroatoms. The van der Waals surface area contributed by atoms with Crippen LogP contribution in [0.25, 0.3) is 0 Å². The van der Waals surface area contributed by atoms with E-state index in [2.05, 4.69) is 5.32 Å². The third-order valence-electron chi connectivity index (χ3n) is 2.47. The van der Waals surface area contributed by atoms with Gasteiger partial charge in [-0.15, -0.1) is 0 Å². The molecule has 1 aromatic rings. The SMILES string of the molecule is CC(C)(CNCc1cccc(O)c1)C(N)=O. The highest BCUT2D eigenvalue weighted by Gasteiger charge is 2.23. The largest absolute Gasteiger partial charge is 0.508 e. The number of carbonyl (C=O) groups is 1. The molecule has 0 atom stereocenters. The highest BCUT2D eigenvalue weighted by Crippen LogP contribution is 2.13. The number of nitrogens with two attached hydrogens (primary N) is 1. The van der Waals surface area contributed by atoms with Gasteiger partial charge in [0, 0.05) is 13.1 Å². The van der Waals surface area contributed by atoms with E-state index in [9.17, 15) is 9.90 Å². The van der Waals surface area contributed by atoms with Crippen molar-refractivity contribution >= 4 is 5.91 Å². The maximum Gasteiger partial charge on any atom is 0.224 e. The van der Waals surface area contributed by atoms with Crippen LogP contribution in [0.2, 0.25) is 0 Å². The summed E-state index contributed by atoms with van der Waals surface area (Å²) in [6.07, 6.45) is 0. The van der Waals surface area contributed by atoms with Crippen molar-refractivity contribution in [2.75, 3.05) is 6.54 Å². The Morgan fingerprint density at radius 2 is 2.19 bits per heavy atom. The first kappa shape index (κ1) is 12.5. The summed E-state index contributed by atoms with van der Waals surface area (Å²) in [7, 11) is 0. The molecular formula is C12H18N2O2. The molecule has 4 N–H and O–H groups in total. The smallest absolute Gasteiger partial charge is 0.224 e. The number of carbonyl (C=O) groups excluding carboxylic acids is 1.